The Morgan fingerprint density at radius 2 is 1.95 bits per heavy atom. The predicted molar refractivity (Wildman–Crippen MR) is 81.1 cm³/mol. The fourth-order valence-electron chi connectivity index (χ4n) is 2.31. The molecule has 1 saturated heterocycles. The first-order valence-electron chi connectivity index (χ1n) is 7.53. The van der Waals surface area contributed by atoms with Crippen LogP contribution in [0.25, 0.3) is 0 Å². The van der Waals surface area contributed by atoms with Crippen molar-refractivity contribution in [1.82, 2.24) is 4.90 Å². The molecule has 1 N–H and O–H groups in total. The Labute approximate surface area is 121 Å². The highest BCUT2D eigenvalue weighted by atomic mass is 16.5. The summed E-state index contributed by atoms with van der Waals surface area (Å²) in [5, 5.41) is 2.93. The first-order valence-corrected chi connectivity index (χ1v) is 7.53. The number of likely N-dealkylation sites (tertiary alicyclic amines) is 1. The van der Waals surface area contributed by atoms with Crippen molar-refractivity contribution in [2.45, 2.75) is 32.6 Å². The lowest BCUT2D eigenvalue weighted by Gasteiger charge is -2.14. The number of carbonyl (C=O) groups excluding carboxylic acids is 1. The molecular weight excluding hydrogens is 252 g/mol. The number of rotatable bonds is 7. The molecule has 0 saturated carbocycles. The molecule has 0 radical (unpaired) electrons. The first kappa shape index (κ1) is 14.9. The van der Waals surface area contributed by atoms with Gasteiger partial charge in [0.25, 0.3) is 0 Å². The van der Waals surface area contributed by atoms with Gasteiger partial charge in [0.2, 0.25) is 5.91 Å². The second-order valence-corrected chi connectivity index (χ2v) is 5.26. The quantitative estimate of drug-likeness (QED) is 0.779. The summed E-state index contributed by atoms with van der Waals surface area (Å²) in [7, 11) is 0. The maximum Gasteiger partial charge on any atom is 0.238 e. The minimum Gasteiger partial charge on any atom is -0.494 e. The van der Waals surface area contributed by atoms with Gasteiger partial charge in [0.05, 0.1) is 13.2 Å². The van der Waals surface area contributed by atoms with E-state index in [2.05, 4.69) is 17.1 Å². The van der Waals surface area contributed by atoms with Crippen LogP contribution in [0, 0.1) is 0 Å². The van der Waals surface area contributed by atoms with Crippen molar-refractivity contribution in [2.24, 2.45) is 0 Å². The summed E-state index contributed by atoms with van der Waals surface area (Å²) in [6.07, 6.45) is 4.60. The van der Waals surface area contributed by atoms with Crippen LogP contribution in [0.4, 0.5) is 5.69 Å². The Hall–Kier alpha value is -1.55. The lowest BCUT2D eigenvalue weighted by atomic mass is 10.3. The molecule has 2 rings (SSSR count). The normalized spacial score (nSPS) is 15.2. The number of nitrogens with one attached hydrogen (secondary N) is 1. The smallest absolute Gasteiger partial charge is 0.238 e. The van der Waals surface area contributed by atoms with Crippen LogP contribution in [0.15, 0.2) is 24.3 Å². The Kier molecular flexibility index (Phi) is 5.87. The molecule has 1 aromatic rings. The van der Waals surface area contributed by atoms with E-state index in [-0.39, 0.29) is 5.91 Å². The molecule has 0 aromatic heterocycles. The van der Waals surface area contributed by atoms with Gasteiger partial charge in [-0.15, -0.1) is 0 Å². The number of hydrogen-bond acceptors (Lipinski definition) is 3. The highest BCUT2D eigenvalue weighted by Gasteiger charge is 2.14. The minimum atomic E-state index is 0.0616. The molecule has 110 valence electrons. The fourth-order valence-corrected chi connectivity index (χ4v) is 2.31. The molecule has 4 heteroatoms. The first-order chi connectivity index (χ1) is 9.78. The Morgan fingerprint density at radius 3 is 2.60 bits per heavy atom. The Balaban J connectivity index is 1.76. The summed E-state index contributed by atoms with van der Waals surface area (Å²) in [6, 6.07) is 7.59. The number of hydrogen-bond donors (Lipinski definition) is 1. The van der Waals surface area contributed by atoms with Gasteiger partial charge in [-0.1, -0.05) is 13.3 Å². The van der Waals surface area contributed by atoms with Gasteiger partial charge in [-0.3, -0.25) is 9.69 Å². The SMILES string of the molecule is CCCCOc1ccc(NC(=O)CN2CCCC2)cc1. The van der Waals surface area contributed by atoms with Crippen molar-refractivity contribution < 1.29 is 9.53 Å². The number of unbranched alkanes of at least 4 members (excludes halogenated alkanes) is 1. The molecule has 1 aliphatic rings. The zero-order valence-electron chi connectivity index (χ0n) is 12.2. The van der Waals surface area contributed by atoms with E-state index in [0.29, 0.717) is 6.54 Å². The fraction of sp³-hybridized carbons (Fsp3) is 0.562. The van der Waals surface area contributed by atoms with E-state index in [0.717, 1.165) is 44.0 Å². The van der Waals surface area contributed by atoms with E-state index < -0.39 is 0 Å². The third-order valence-corrected chi connectivity index (χ3v) is 3.47. The molecule has 1 aliphatic heterocycles. The molecule has 1 aromatic carbocycles. The highest BCUT2D eigenvalue weighted by molar-refractivity contribution is 5.92. The largest absolute Gasteiger partial charge is 0.494 e. The van der Waals surface area contributed by atoms with Crippen LogP contribution < -0.4 is 10.1 Å². The summed E-state index contributed by atoms with van der Waals surface area (Å²) in [4.78, 5) is 14.1. The summed E-state index contributed by atoms with van der Waals surface area (Å²) < 4.78 is 5.59. The molecule has 0 unspecified atom stereocenters. The zero-order chi connectivity index (χ0) is 14.2. The molecule has 0 bridgehead atoms. The monoisotopic (exact) mass is 276 g/mol. The number of carbonyl (C=O) groups is 1. The van der Waals surface area contributed by atoms with Crippen LogP contribution in [0.1, 0.15) is 32.6 Å². The van der Waals surface area contributed by atoms with Crippen molar-refractivity contribution in [3.8, 4) is 5.75 Å². The lowest BCUT2D eigenvalue weighted by Crippen LogP contribution is -2.30. The van der Waals surface area contributed by atoms with Crippen LogP contribution >= 0.6 is 0 Å². The second kappa shape index (κ2) is 7.90. The summed E-state index contributed by atoms with van der Waals surface area (Å²) in [6.45, 7) is 5.46. The maximum atomic E-state index is 11.9. The third-order valence-electron chi connectivity index (χ3n) is 3.47. The van der Waals surface area contributed by atoms with Crippen molar-refractivity contribution in [3.63, 3.8) is 0 Å². The molecule has 1 amide bonds. The molecule has 20 heavy (non-hydrogen) atoms. The second-order valence-electron chi connectivity index (χ2n) is 5.26. The van der Waals surface area contributed by atoms with E-state index in [1.54, 1.807) is 0 Å². The number of anilines is 1. The molecular formula is C16H24N2O2. The van der Waals surface area contributed by atoms with E-state index in [1.165, 1.54) is 12.8 Å². The van der Waals surface area contributed by atoms with Gasteiger partial charge in [0.1, 0.15) is 5.75 Å². The number of amides is 1. The van der Waals surface area contributed by atoms with Gasteiger partial charge in [-0.05, 0) is 56.6 Å². The van der Waals surface area contributed by atoms with Gasteiger partial charge < -0.3 is 10.1 Å². The van der Waals surface area contributed by atoms with E-state index in [4.69, 9.17) is 4.74 Å². The summed E-state index contributed by atoms with van der Waals surface area (Å²) >= 11 is 0. The molecule has 0 aliphatic carbocycles. The van der Waals surface area contributed by atoms with Gasteiger partial charge in [0.15, 0.2) is 0 Å². The molecule has 1 fully saturated rings. The van der Waals surface area contributed by atoms with Crippen LogP contribution in [-0.4, -0.2) is 37.0 Å². The van der Waals surface area contributed by atoms with Crippen molar-refractivity contribution in [1.29, 1.82) is 0 Å². The Bertz CT molecular complexity index is 411. The molecule has 4 nitrogen and oxygen atoms in total. The van der Waals surface area contributed by atoms with Gasteiger partial charge in [-0.25, -0.2) is 0 Å². The minimum absolute atomic E-state index is 0.0616. The van der Waals surface area contributed by atoms with E-state index >= 15 is 0 Å². The van der Waals surface area contributed by atoms with Crippen molar-refractivity contribution >= 4 is 11.6 Å². The van der Waals surface area contributed by atoms with Gasteiger partial charge >= 0.3 is 0 Å². The number of nitrogens with zero attached hydrogens (tertiary/aromatic N) is 1. The molecule has 1 heterocycles. The van der Waals surface area contributed by atoms with Crippen LogP contribution in [0.2, 0.25) is 0 Å². The topological polar surface area (TPSA) is 41.6 Å². The van der Waals surface area contributed by atoms with E-state index in [1.807, 2.05) is 24.3 Å². The summed E-state index contributed by atoms with van der Waals surface area (Å²) in [5.74, 6) is 0.919. The van der Waals surface area contributed by atoms with Gasteiger partial charge in [-0.2, -0.15) is 0 Å². The molecule has 0 spiro atoms. The van der Waals surface area contributed by atoms with Crippen LogP contribution in [0.3, 0.4) is 0 Å². The molecule has 0 atom stereocenters. The van der Waals surface area contributed by atoms with E-state index in [9.17, 15) is 4.79 Å². The number of benzene rings is 1. The average Bonchev–Trinajstić information content (AvgIpc) is 2.94. The van der Waals surface area contributed by atoms with Crippen molar-refractivity contribution in [2.75, 3.05) is 31.6 Å². The van der Waals surface area contributed by atoms with Crippen molar-refractivity contribution in [3.05, 3.63) is 24.3 Å². The average molecular weight is 276 g/mol. The van der Waals surface area contributed by atoms with Gasteiger partial charge in [0, 0.05) is 5.69 Å². The third kappa shape index (κ3) is 4.85. The summed E-state index contributed by atoms with van der Waals surface area (Å²) in [5.41, 5.74) is 0.831. The zero-order valence-corrected chi connectivity index (χ0v) is 12.2. The Morgan fingerprint density at radius 1 is 1.25 bits per heavy atom. The standard InChI is InChI=1S/C16H24N2O2/c1-2-3-12-20-15-8-6-14(7-9-15)17-16(19)13-18-10-4-5-11-18/h6-9H,2-5,10-13H2,1H3,(H,17,19). The van der Waals surface area contributed by atoms with Crippen LogP contribution in [0.5, 0.6) is 5.75 Å². The maximum absolute atomic E-state index is 11.9. The highest BCUT2D eigenvalue weighted by Crippen LogP contribution is 2.16. The predicted octanol–water partition coefficient (Wildman–Crippen LogP) is 2.90. The lowest BCUT2D eigenvalue weighted by molar-refractivity contribution is -0.117. The number of ether oxygens (including phenoxy) is 1. The van der Waals surface area contributed by atoms with Crippen LogP contribution in [-0.2, 0) is 4.79 Å².